The third-order valence-corrected chi connectivity index (χ3v) is 24.2. The first-order chi connectivity index (χ1) is 52.4. The van der Waals surface area contributed by atoms with E-state index in [0.717, 1.165) is 22.3 Å². The van der Waals surface area contributed by atoms with Gasteiger partial charge in [-0.3, -0.25) is 52.7 Å². The standard InChI is InChI=1S/C84H133N12O15P/c1-23-53(12)45-46-63(97)87-64(49(4)5)74(100)94-71(57(16)110-83(17,18)19)79(105)88-65(50(6)7)75(101)89-66(51(8)9)80(106)96-48-36-44-62(96)73(99)86-61(43-35-47-85-82(109)111-84(20,21)22)72(98)91-68(54(13)24-2)77(103)93-70(78(104)92-69(55(14)25-3)76(102)90-67(52(10)11)81(107)108)56(15)95-112(58-37-29-26-30-38-58,59-39-31-27-32-40-59)60-41-33-28-34-42-60/h26-34,37-42,49-57,61-62,64-71H,23-25,35-36,43-48H2,1-22H3,(H,85,109)(H,86,99)(H,87,97)(H,88,105)(H,89,101)(H,90,102)(H,91,98)(H,92,104)(H,93,103)(H,94,100)(H,107,108)/t53-,54-,55-,56+,57+,61-,62+,64+,65-,66+,67-,68+,69+,70+,71-/m0/s1. The summed E-state index contributed by atoms with van der Waals surface area (Å²) in [7, 11) is -3.14. The van der Waals surface area contributed by atoms with E-state index in [0.29, 0.717) is 31.6 Å². The normalized spacial score (nSPS) is 17.1. The van der Waals surface area contributed by atoms with Gasteiger partial charge >= 0.3 is 12.1 Å². The Bertz CT molecular complexity index is 3560. The van der Waals surface area contributed by atoms with Gasteiger partial charge in [0.15, 0.2) is 0 Å². The number of rotatable bonds is 42. The number of carboxylic acids is 1. The third kappa shape index (κ3) is 28.7. The van der Waals surface area contributed by atoms with Crippen molar-refractivity contribution in [3.8, 4) is 0 Å². The van der Waals surface area contributed by atoms with Crippen LogP contribution in [0.2, 0.25) is 0 Å². The van der Waals surface area contributed by atoms with Crippen molar-refractivity contribution in [3.63, 3.8) is 0 Å². The Kier molecular flexibility index (Phi) is 38.1. The summed E-state index contributed by atoms with van der Waals surface area (Å²) in [5, 5.41) is 40.9. The van der Waals surface area contributed by atoms with Crippen molar-refractivity contribution < 1.29 is 72.1 Å². The Hall–Kier alpha value is -8.71. The molecule has 15 atom stereocenters. The van der Waals surface area contributed by atoms with Gasteiger partial charge < -0.3 is 72.6 Å². The van der Waals surface area contributed by atoms with Crippen LogP contribution < -0.4 is 69.1 Å². The Balaban J connectivity index is 1.79. The molecular weight excluding hydrogens is 1450 g/mol. The summed E-state index contributed by atoms with van der Waals surface area (Å²) in [6.07, 6.45) is 1.14. The van der Waals surface area contributed by atoms with Crippen molar-refractivity contribution in [1.82, 2.24) is 58.1 Å². The molecule has 0 radical (unpaired) electrons. The van der Waals surface area contributed by atoms with Gasteiger partial charge in [-0.25, -0.2) is 9.59 Å². The lowest BCUT2D eigenvalue weighted by Gasteiger charge is -2.34. The fourth-order valence-corrected chi connectivity index (χ4v) is 17.0. The highest BCUT2D eigenvalue weighted by Crippen LogP contribution is 2.47. The number of carbonyl (C=O) groups excluding carboxylic acids is 11. The van der Waals surface area contributed by atoms with E-state index in [1.807, 2.05) is 112 Å². The maximum Gasteiger partial charge on any atom is 0.407 e. The number of likely N-dealkylation sites (tertiary alicyclic amines) is 1. The molecule has 28 heteroatoms. The number of nitrogens with zero attached hydrogens (tertiary/aromatic N) is 2. The Morgan fingerprint density at radius 3 is 1.32 bits per heavy atom. The minimum atomic E-state index is -3.14. The maximum absolute atomic E-state index is 15.6. The first-order valence-corrected chi connectivity index (χ1v) is 41.9. The monoisotopic (exact) mass is 1580 g/mol. The molecule has 11 N–H and O–H groups in total. The SMILES string of the molecule is CC[C@H](C)CCC(=O)N[C@@H](C(=O)N[C@H](C(=O)N[C@H](C(=O)N[C@@H](C(=O)N1CCC[C@@H]1C(=O)N[C@@H](CCCNC(=O)OC(C)(C)C)C(=O)N[C@@H](C(=O)N[C@@H](C(=O)N[C@@H](C(=O)N[C@H](C(=O)O)C(C)C)[C@@H](C)CC)[C@@H](C)N=P(c1ccccc1)(c1ccccc1)c1ccccc1)[C@@H](C)CC)C(C)C)C(C)C)[C@@H](C)OC(C)(C)C)C(C)C. The van der Waals surface area contributed by atoms with E-state index in [1.165, 1.54) is 4.90 Å². The molecule has 0 bridgehead atoms. The molecule has 4 rings (SSSR count). The number of nitrogens with one attached hydrogen (secondary N) is 10. The van der Waals surface area contributed by atoms with Crippen LogP contribution >= 0.6 is 7.05 Å². The van der Waals surface area contributed by atoms with Crippen LogP contribution in [-0.4, -0.2) is 178 Å². The quantitative estimate of drug-likeness (QED) is 0.0189. The highest BCUT2D eigenvalue weighted by Gasteiger charge is 2.44. The van der Waals surface area contributed by atoms with E-state index in [4.69, 9.17) is 14.2 Å². The molecule has 0 unspecified atom stereocenters. The number of benzene rings is 3. The lowest BCUT2D eigenvalue weighted by Crippen LogP contribution is -2.63. The second-order valence-electron chi connectivity index (χ2n) is 33.3. The first-order valence-electron chi connectivity index (χ1n) is 40.1. The highest BCUT2D eigenvalue weighted by atomic mass is 31.2. The molecule has 1 aliphatic heterocycles. The van der Waals surface area contributed by atoms with E-state index in [1.54, 1.807) is 132 Å². The molecule has 0 aromatic heterocycles. The Morgan fingerprint density at radius 2 is 0.884 bits per heavy atom. The largest absolute Gasteiger partial charge is 0.480 e. The number of carboxylic acid groups (broad SMARTS) is 1. The van der Waals surface area contributed by atoms with Gasteiger partial charge in [0.2, 0.25) is 59.1 Å². The van der Waals surface area contributed by atoms with Crippen LogP contribution in [0.1, 0.15) is 210 Å². The van der Waals surface area contributed by atoms with Crippen molar-refractivity contribution in [1.29, 1.82) is 0 Å². The first kappa shape index (κ1) is 95.7. The van der Waals surface area contributed by atoms with Crippen molar-refractivity contribution in [2.24, 2.45) is 46.2 Å². The molecule has 0 saturated carbocycles. The van der Waals surface area contributed by atoms with Gasteiger partial charge in [0.25, 0.3) is 0 Å². The summed E-state index contributed by atoms with van der Waals surface area (Å²) in [6.45, 7) is 38.7. The lowest BCUT2D eigenvalue weighted by atomic mass is 9.95. The zero-order chi connectivity index (χ0) is 84.3. The topological polar surface area (TPSA) is 379 Å². The average Bonchev–Trinajstić information content (AvgIpc) is 0.871. The smallest absolute Gasteiger partial charge is 0.407 e. The van der Waals surface area contributed by atoms with Gasteiger partial charge in [-0.15, -0.1) is 0 Å². The summed E-state index contributed by atoms with van der Waals surface area (Å²) in [6, 6.07) is 14.5. The van der Waals surface area contributed by atoms with Crippen molar-refractivity contribution >= 4 is 94.1 Å². The number of hydrogen-bond donors (Lipinski definition) is 11. The lowest BCUT2D eigenvalue weighted by molar-refractivity contribution is -0.144. The van der Waals surface area contributed by atoms with Crippen molar-refractivity contribution in [2.45, 2.75) is 294 Å². The molecule has 1 saturated heterocycles. The molecule has 1 heterocycles. The fourth-order valence-electron chi connectivity index (χ4n) is 13.2. The molecule has 3 aromatic carbocycles. The number of hydrogen-bond acceptors (Lipinski definition) is 15. The Labute approximate surface area is 665 Å². The summed E-state index contributed by atoms with van der Waals surface area (Å²) in [5.41, 5.74) is -1.63. The zero-order valence-electron chi connectivity index (χ0n) is 70.4. The molecule has 1 fully saturated rings. The van der Waals surface area contributed by atoms with Crippen LogP contribution in [0.5, 0.6) is 0 Å². The van der Waals surface area contributed by atoms with Crippen LogP contribution in [0.3, 0.4) is 0 Å². The molecule has 624 valence electrons. The van der Waals surface area contributed by atoms with Gasteiger partial charge in [-0.2, -0.15) is 0 Å². The van der Waals surface area contributed by atoms with Crippen molar-refractivity contribution in [3.05, 3.63) is 91.0 Å². The summed E-state index contributed by atoms with van der Waals surface area (Å²) < 4.78 is 17.4. The minimum absolute atomic E-state index is 0.0250. The van der Waals surface area contributed by atoms with Gasteiger partial charge in [0.05, 0.1) is 24.8 Å². The van der Waals surface area contributed by atoms with E-state index >= 15 is 24.0 Å². The molecule has 3 aromatic rings. The zero-order valence-corrected chi connectivity index (χ0v) is 71.3. The number of ether oxygens (including phenoxy) is 2. The van der Waals surface area contributed by atoms with Gasteiger partial charge in [-0.05, 0) is 129 Å². The molecule has 0 spiro atoms. The molecule has 112 heavy (non-hydrogen) atoms. The van der Waals surface area contributed by atoms with E-state index < -0.39 is 186 Å². The predicted octanol–water partition coefficient (Wildman–Crippen LogP) is 8.04. The third-order valence-electron chi connectivity index (χ3n) is 20.3. The second kappa shape index (κ2) is 44.7. The molecule has 27 nitrogen and oxygen atoms in total. The average molecular weight is 1580 g/mol. The maximum atomic E-state index is 15.6. The molecular formula is C84H133N12O15P. The molecule has 11 amide bonds. The van der Waals surface area contributed by atoms with Gasteiger partial charge in [0, 0.05) is 35.4 Å². The number of aliphatic carboxylic acids is 1. The van der Waals surface area contributed by atoms with Crippen LogP contribution in [0, 0.1) is 41.4 Å². The Morgan fingerprint density at radius 1 is 0.482 bits per heavy atom. The van der Waals surface area contributed by atoms with Gasteiger partial charge in [-0.1, -0.05) is 207 Å². The van der Waals surface area contributed by atoms with Crippen LogP contribution in [0.4, 0.5) is 4.79 Å². The summed E-state index contributed by atoms with van der Waals surface area (Å²) in [5.74, 6) is -11.3. The fraction of sp³-hybridized carbons (Fsp3) is 0.643. The summed E-state index contributed by atoms with van der Waals surface area (Å²) in [4.78, 5) is 175. The van der Waals surface area contributed by atoms with E-state index in [9.17, 15) is 38.7 Å². The summed E-state index contributed by atoms with van der Waals surface area (Å²) >= 11 is 0. The van der Waals surface area contributed by atoms with Crippen LogP contribution in [0.25, 0.3) is 0 Å². The van der Waals surface area contributed by atoms with Gasteiger partial charge in [0.1, 0.15) is 66.0 Å². The van der Waals surface area contributed by atoms with E-state index in [2.05, 4.69) is 53.2 Å². The number of amides is 11. The molecule has 0 aliphatic carbocycles. The van der Waals surface area contributed by atoms with E-state index in [-0.39, 0.29) is 50.6 Å². The predicted molar refractivity (Wildman–Crippen MR) is 438 cm³/mol. The number of alkyl carbamates (subject to hydrolysis) is 1. The van der Waals surface area contributed by atoms with Crippen molar-refractivity contribution in [2.75, 3.05) is 13.1 Å². The highest BCUT2D eigenvalue weighted by molar-refractivity contribution is 7.87. The minimum Gasteiger partial charge on any atom is -0.480 e. The molecule has 1 aliphatic rings. The second-order valence-corrected chi connectivity index (χ2v) is 36.4. The van der Waals surface area contributed by atoms with Crippen LogP contribution in [-0.2, 0) is 62.2 Å². The van der Waals surface area contributed by atoms with Crippen LogP contribution in [0.15, 0.2) is 95.7 Å². The number of carbonyl (C=O) groups is 12.